The second kappa shape index (κ2) is 7.14. The van der Waals surface area contributed by atoms with Gasteiger partial charge in [0.1, 0.15) is 23.7 Å². The van der Waals surface area contributed by atoms with Crippen molar-refractivity contribution in [3.63, 3.8) is 0 Å². The summed E-state index contributed by atoms with van der Waals surface area (Å²) in [5.41, 5.74) is 1.50. The number of fused-ring (bicyclic) bond motifs is 1. The van der Waals surface area contributed by atoms with Crippen molar-refractivity contribution in [2.75, 3.05) is 25.4 Å². The lowest BCUT2D eigenvalue weighted by molar-refractivity contribution is 0.352. The van der Waals surface area contributed by atoms with Crippen LogP contribution in [0, 0.1) is 12.7 Å². The van der Waals surface area contributed by atoms with Gasteiger partial charge in [-0.1, -0.05) is 0 Å². The van der Waals surface area contributed by atoms with Crippen LogP contribution < -0.4 is 5.32 Å². The van der Waals surface area contributed by atoms with E-state index < -0.39 is 14.6 Å². The van der Waals surface area contributed by atoms with Crippen LogP contribution in [0.1, 0.15) is 32.1 Å². The molecule has 1 aliphatic heterocycles. The molecule has 0 bridgehead atoms. The van der Waals surface area contributed by atoms with E-state index in [0.29, 0.717) is 43.5 Å². The molecule has 1 aliphatic rings. The Bertz CT molecular complexity index is 979. The summed E-state index contributed by atoms with van der Waals surface area (Å²) in [5, 5.41) is 3.98. The Balaban J connectivity index is 1.86. The third kappa shape index (κ3) is 3.81. The van der Waals surface area contributed by atoms with E-state index in [0.717, 1.165) is 10.9 Å². The smallest absolute Gasteiger partial charge is 0.194 e. The maximum absolute atomic E-state index is 13.5. The maximum Gasteiger partial charge on any atom is 0.194 e. The van der Waals surface area contributed by atoms with Gasteiger partial charge < -0.3 is 14.6 Å². The van der Waals surface area contributed by atoms with Crippen LogP contribution in [-0.2, 0) is 16.4 Å². The fraction of sp³-hybridized carbons (Fsp3) is 0.526. The van der Waals surface area contributed by atoms with E-state index in [2.05, 4.69) is 10.3 Å². The third-order valence-electron chi connectivity index (χ3n) is 5.05. The number of furan rings is 1. The highest BCUT2D eigenvalue weighted by Crippen LogP contribution is 2.27. The summed E-state index contributed by atoms with van der Waals surface area (Å²) in [7, 11) is -3.12. The van der Waals surface area contributed by atoms with Crippen LogP contribution in [0.25, 0.3) is 11.0 Å². The van der Waals surface area contributed by atoms with Crippen molar-refractivity contribution in [2.24, 2.45) is 4.99 Å². The van der Waals surface area contributed by atoms with Crippen molar-refractivity contribution in [1.82, 2.24) is 10.2 Å². The SMILES string of the molecule is CCNC(=NCc1oc2ccc(F)cc2c1C)N1CCS(=O)(=O)C(C)(C)C1. The fourth-order valence-corrected chi connectivity index (χ4v) is 4.66. The van der Waals surface area contributed by atoms with Crippen LogP contribution in [-0.4, -0.2) is 49.4 Å². The predicted molar refractivity (Wildman–Crippen MR) is 105 cm³/mol. The molecule has 0 amide bonds. The number of sulfone groups is 1. The van der Waals surface area contributed by atoms with Gasteiger partial charge >= 0.3 is 0 Å². The van der Waals surface area contributed by atoms with E-state index in [-0.39, 0.29) is 11.6 Å². The van der Waals surface area contributed by atoms with Gasteiger partial charge in [-0.3, -0.25) is 0 Å². The highest BCUT2D eigenvalue weighted by atomic mass is 32.2. The number of hydrogen-bond donors (Lipinski definition) is 1. The predicted octanol–water partition coefficient (Wildman–Crippen LogP) is 2.85. The molecule has 0 unspecified atom stereocenters. The summed E-state index contributed by atoms with van der Waals surface area (Å²) in [6.45, 7) is 9.11. The number of rotatable bonds is 3. The zero-order valence-corrected chi connectivity index (χ0v) is 17.0. The molecule has 1 aromatic carbocycles. The van der Waals surface area contributed by atoms with Crippen molar-refractivity contribution in [2.45, 2.75) is 39.0 Å². The quantitative estimate of drug-likeness (QED) is 0.639. The van der Waals surface area contributed by atoms with Gasteiger partial charge in [-0.2, -0.15) is 0 Å². The summed E-state index contributed by atoms with van der Waals surface area (Å²) in [5.74, 6) is 1.14. The van der Waals surface area contributed by atoms with Crippen molar-refractivity contribution in [1.29, 1.82) is 0 Å². The first kappa shape index (κ1) is 19.7. The van der Waals surface area contributed by atoms with Crippen LogP contribution in [0.5, 0.6) is 0 Å². The molecule has 2 aromatic rings. The van der Waals surface area contributed by atoms with Crippen LogP contribution in [0.4, 0.5) is 4.39 Å². The zero-order chi connectivity index (χ0) is 19.8. The Morgan fingerprint density at radius 3 is 2.81 bits per heavy atom. The Morgan fingerprint density at radius 2 is 2.15 bits per heavy atom. The standard InChI is InChI=1S/C19H26FN3O3S/c1-5-21-18(23-8-9-27(24,25)19(3,4)12-23)22-11-17-13(2)15-10-14(20)6-7-16(15)26-17/h6-7,10H,5,8-9,11-12H2,1-4H3,(H,21,22). The lowest BCUT2D eigenvalue weighted by Gasteiger charge is -2.39. The second-order valence-corrected chi connectivity index (χ2v) is 10.2. The van der Waals surface area contributed by atoms with E-state index in [4.69, 9.17) is 4.42 Å². The van der Waals surface area contributed by atoms with Crippen molar-refractivity contribution < 1.29 is 17.2 Å². The summed E-state index contributed by atoms with van der Waals surface area (Å²) < 4.78 is 43.0. The third-order valence-corrected chi connectivity index (χ3v) is 7.58. The highest BCUT2D eigenvalue weighted by molar-refractivity contribution is 7.92. The molecule has 0 radical (unpaired) electrons. The molecule has 148 valence electrons. The normalized spacial score (nSPS) is 19.4. The molecular weight excluding hydrogens is 369 g/mol. The van der Waals surface area contributed by atoms with Crippen molar-refractivity contribution in [3.8, 4) is 0 Å². The lowest BCUT2D eigenvalue weighted by atomic mass is 10.1. The van der Waals surface area contributed by atoms with Gasteiger partial charge in [-0.15, -0.1) is 0 Å². The van der Waals surface area contributed by atoms with E-state index >= 15 is 0 Å². The number of hydrogen-bond acceptors (Lipinski definition) is 4. The minimum atomic E-state index is -3.12. The van der Waals surface area contributed by atoms with Crippen molar-refractivity contribution in [3.05, 3.63) is 35.3 Å². The monoisotopic (exact) mass is 395 g/mol. The Kier molecular flexibility index (Phi) is 5.20. The summed E-state index contributed by atoms with van der Waals surface area (Å²) in [4.78, 5) is 6.62. The number of aliphatic imine (C=N–C) groups is 1. The minimum Gasteiger partial charge on any atom is -0.459 e. The van der Waals surface area contributed by atoms with Crippen molar-refractivity contribution >= 4 is 26.8 Å². The summed E-state index contributed by atoms with van der Waals surface area (Å²) >= 11 is 0. The van der Waals surface area contributed by atoms with Gasteiger partial charge in [-0.25, -0.2) is 17.8 Å². The lowest BCUT2D eigenvalue weighted by Crippen LogP contribution is -2.57. The van der Waals surface area contributed by atoms with Gasteiger partial charge in [-0.05, 0) is 45.9 Å². The molecule has 1 aromatic heterocycles. The fourth-order valence-electron chi connectivity index (χ4n) is 3.29. The molecule has 0 spiro atoms. The van der Waals surface area contributed by atoms with Crippen LogP contribution in [0.2, 0.25) is 0 Å². The number of halogens is 1. The second-order valence-electron chi connectivity index (χ2n) is 7.46. The minimum absolute atomic E-state index is 0.105. The molecule has 27 heavy (non-hydrogen) atoms. The van der Waals surface area contributed by atoms with E-state index in [9.17, 15) is 12.8 Å². The molecule has 2 heterocycles. The first-order chi connectivity index (χ1) is 12.6. The number of benzene rings is 1. The molecule has 3 rings (SSSR count). The van der Waals surface area contributed by atoms with Gasteiger partial charge in [0.05, 0.1) is 10.5 Å². The van der Waals surface area contributed by atoms with Gasteiger partial charge in [0.15, 0.2) is 15.8 Å². The summed E-state index contributed by atoms with van der Waals surface area (Å²) in [6.07, 6.45) is 0. The number of guanidine groups is 1. The molecule has 0 saturated carbocycles. The Labute approximate surface area is 159 Å². The van der Waals surface area contributed by atoms with Gasteiger partial charge in [0.25, 0.3) is 0 Å². The average molecular weight is 396 g/mol. The molecular formula is C19H26FN3O3S. The molecule has 0 aliphatic carbocycles. The molecule has 0 atom stereocenters. The van der Waals surface area contributed by atoms with Crippen LogP contribution in [0.15, 0.2) is 27.6 Å². The molecule has 1 saturated heterocycles. The Hall–Kier alpha value is -2.09. The van der Waals surface area contributed by atoms with E-state index in [1.54, 1.807) is 19.9 Å². The number of aryl methyl sites for hydroxylation is 1. The first-order valence-electron chi connectivity index (χ1n) is 9.08. The molecule has 8 heteroatoms. The average Bonchev–Trinajstić information content (AvgIpc) is 2.90. The first-order valence-corrected chi connectivity index (χ1v) is 10.7. The number of nitrogens with zero attached hydrogens (tertiary/aromatic N) is 2. The zero-order valence-electron chi connectivity index (χ0n) is 16.2. The largest absolute Gasteiger partial charge is 0.459 e. The topological polar surface area (TPSA) is 74.9 Å². The Morgan fingerprint density at radius 1 is 1.41 bits per heavy atom. The van der Waals surface area contributed by atoms with Gasteiger partial charge in [0, 0.05) is 30.6 Å². The van der Waals surface area contributed by atoms with Crippen LogP contribution in [0.3, 0.4) is 0 Å². The summed E-state index contributed by atoms with van der Waals surface area (Å²) in [6, 6.07) is 4.46. The van der Waals surface area contributed by atoms with E-state index in [1.165, 1.54) is 12.1 Å². The van der Waals surface area contributed by atoms with E-state index in [1.807, 2.05) is 18.7 Å². The molecule has 1 fully saturated rings. The maximum atomic E-state index is 13.5. The number of nitrogens with one attached hydrogen (secondary N) is 1. The van der Waals surface area contributed by atoms with Crippen LogP contribution >= 0.6 is 0 Å². The molecule has 1 N–H and O–H groups in total. The van der Waals surface area contributed by atoms with Gasteiger partial charge in [0.2, 0.25) is 0 Å². The highest BCUT2D eigenvalue weighted by Gasteiger charge is 2.41. The molecule has 6 nitrogen and oxygen atoms in total.